The van der Waals surface area contributed by atoms with E-state index in [-0.39, 0.29) is 23.6 Å². The molecule has 4 aliphatic carbocycles. The van der Waals surface area contributed by atoms with Crippen LogP contribution in [0.25, 0.3) is 0 Å². The number of esters is 1. The topological polar surface area (TPSA) is 46.5 Å². The Morgan fingerprint density at radius 3 is 2.50 bits per heavy atom. The largest absolute Gasteiger partial charge is 0.462 e. The van der Waals surface area contributed by atoms with Gasteiger partial charge in [0, 0.05) is 13.3 Å². The first-order chi connectivity index (χ1) is 16.0. The van der Waals surface area contributed by atoms with Crippen LogP contribution in [0, 0.1) is 52.3 Å². The zero-order valence-corrected chi connectivity index (χ0v) is 23.1. The second-order valence-electron chi connectivity index (χ2n) is 13.5. The van der Waals surface area contributed by atoms with E-state index in [2.05, 4.69) is 47.6 Å². The number of carbonyl (C=O) groups excluding carboxylic acids is 1. The zero-order chi connectivity index (χ0) is 24.8. The van der Waals surface area contributed by atoms with E-state index in [1.54, 1.807) is 12.5 Å². The van der Waals surface area contributed by atoms with Crippen LogP contribution in [-0.4, -0.2) is 23.3 Å². The van der Waals surface area contributed by atoms with Crippen LogP contribution in [-0.2, 0) is 9.53 Å². The number of hydrogen-bond donors (Lipinski definition) is 1. The smallest absolute Gasteiger partial charge is 0.302 e. The average molecular weight is 473 g/mol. The number of fused-ring (bicyclic) bond motifs is 5. The lowest BCUT2D eigenvalue weighted by atomic mass is 9.47. The Balaban J connectivity index is 1.48. The molecule has 3 nitrogen and oxygen atoms in total. The highest BCUT2D eigenvalue weighted by atomic mass is 16.5. The highest BCUT2D eigenvalue weighted by Gasteiger charge is 2.59. The van der Waals surface area contributed by atoms with Gasteiger partial charge >= 0.3 is 5.97 Å². The number of ether oxygens (including phenoxy) is 1. The maximum absolute atomic E-state index is 11.5. The molecule has 0 amide bonds. The van der Waals surface area contributed by atoms with Gasteiger partial charge in [0.2, 0.25) is 0 Å². The third-order valence-corrected chi connectivity index (χ3v) is 11.7. The molecule has 4 aliphatic rings. The summed E-state index contributed by atoms with van der Waals surface area (Å²) in [6.45, 7) is 15.9. The number of aliphatic hydroxyl groups excluding tert-OH is 1. The van der Waals surface area contributed by atoms with E-state index in [9.17, 15) is 9.90 Å². The van der Waals surface area contributed by atoms with Crippen LogP contribution in [0.1, 0.15) is 113 Å². The van der Waals surface area contributed by atoms with Crippen LogP contribution < -0.4 is 0 Å². The molecule has 0 spiro atoms. The lowest BCUT2D eigenvalue weighted by Gasteiger charge is -2.58. The van der Waals surface area contributed by atoms with Crippen molar-refractivity contribution in [2.24, 2.45) is 52.3 Å². The van der Waals surface area contributed by atoms with E-state index in [4.69, 9.17) is 4.74 Å². The molecule has 0 radical (unpaired) electrons. The van der Waals surface area contributed by atoms with Gasteiger partial charge in [-0.3, -0.25) is 4.79 Å². The van der Waals surface area contributed by atoms with Crippen molar-refractivity contribution in [1.82, 2.24) is 0 Å². The predicted octanol–water partition coefficient (Wildman–Crippen LogP) is 7.57. The highest BCUT2D eigenvalue weighted by molar-refractivity contribution is 5.66. The van der Waals surface area contributed by atoms with Crippen LogP contribution >= 0.6 is 0 Å². The molecule has 0 aromatic heterocycles. The lowest BCUT2D eigenvalue weighted by Crippen LogP contribution is -2.51. The van der Waals surface area contributed by atoms with Crippen molar-refractivity contribution < 1.29 is 14.6 Å². The van der Waals surface area contributed by atoms with Gasteiger partial charge in [-0.1, -0.05) is 59.6 Å². The first kappa shape index (κ1) is 26.2. The predicted molar refractivity (Wildman–Crippen MR) is 139 cm³/mol. The monoisotopic (exact) mass is 472 g/mol. The summed E-state index contributed by atoms with van der Waals surface area (Å²) >= 11 is 0. The third-order valence-electron chi connectivity index (χ3n) is 11.7. The normalized spacial score (nSPS) is 42.1. The molecule has 3 saturated carbocycles. The highest BCUT2D eigenvalue weighted by Crippen LogP contribution is 2.67. The van der Waals surface area contributed by atoms with Gasteiger partial charge in [-0.2, -0.15) is 0 Å². The van der Waals surface area contributed by atoms with Crippen molar-refractivity contribution >= 4 is 5.97 Å². The molecule has 3 fully saturated rings. The summed E-state index contributed by atoms with van der Waals surface area (Å²) in [4.78, 5) is 11.5. The second-order valence-corrected chi connectivity index (χ2v) is 13.5. The van der Waals surface area contributed by atoms with E-state index in [1.165, 1.54) is 38.5 Å². The second kappa shape index (κ2) is 9.91. The van der Waals surface area contributed by atoms with Crippen LogP contribution in [0.3, 0.4) is 0 Å². The van der Waals surface area contributed by atoms with E-state index in [0.29, 0.717) is 29.1 Å². The van der Waals surface area contributed by atoms with Crippen molar-refractivity contribution in [2.45, 2.75) is 125 Å². The molecular formula is C31H52O3. The lowest BCUT2D eigenvalue weighted by molar-refractivity contribution is -0.148. The maximum Gasteiger partial charge on any atom is 0.302 e. The molecule has 1 N–H and O–H groups in total. The molecule has 0 aromatic carbocycles. The molecule has 194 valence electrons. The Bertz CT molecular complexity index is 771. The molecule has 0 bridgehead atoms. The first-order valence-corrected chi connectivity index (χ1v) is 14.6. The molecule has 0 aliphatic heterocycles. The molecule has 0 heterocycles. The van der Waals surface area contributed by atoms with Crippen LogP contribution in [0.15, 0.2) is 11.6 Å². The van der Waals surface area contributed by atoms with Crippen LogP contribution in [0.2, 0.25) is 0 Å². The summed E-state index contributed by atoms with van der Waals surface area (Å²) in [5.41, 5.74) is 2.24. The number of rotatable bonds is 7. The van der Waals surface area contributed by atoms with Crippen LogP contribution in [0.5, 0.6) is 0 Å². The van der Waals surface area contributed by atoms with E-state index < -0.39 is 0 Å². The minimum absolute atomic E-state index is 0.0817. The molecule has 0 aromatic rings. The molecule has 0 saturated heterocycles. The maximum atomic E-state index is 11.5. The summed E-state index contributed by atoms with van der Waals surface area (Å²) in [6, 6.07) is 0. The number of carbonyl (C=O) groups is 1. The fourth-order valence-electron chi connectivity index (χ4n) is 9.57. The molecule has 4 rings (SSSR count). The van der Waals surface area contributed by atoms with Gasteiger partial charge < -0.3 is 9.84 Å². The Morgan fingerprint density at radius 2 is 1.85 bits per heavy atom. The Kier molecular flexibility index (Phi) is 7.65. The number of aliphatic hydroxyl groups is 1. The van der Waals surface area contributed by atoms with Crippen LogP contribution in [0.4, 0.5) is 0 Å². The molecule has 3 unspecified atom stereocenters. The molecule has 34 heavy (non-hydrogen) atoms. The van der Waals surface area contributed by atoms with Gasteiger partial charge in [-0.25, -0.2) is 0 Å². The van der Waals surface area contributed by atoms with Crippen molar-refractivity contribution in [3.05, 3.63) is 11.6 Å². The SMILES string of the molecule is CCC(CC(O)C(C)[C@H]1CC[C@H]2[C@@H]3CC=C4C[C@@H](OC(C)=O)CC[C@]4(C)[C@H]3CC[C@]12C)C(C)C. The van der Waals surface area contributed by atoms with E-state index >= 15 is 0 Å². The average Bonchev–Trinajstić information content (AvgIpc) is 3.13. The summed E-state index contributed by atoms with van der Waals surface area (Å²) in [6.07, 6.45) is 14.2. The van der Waals surface area contributed by atoms with Gasteiger partial charge in [-0.15, -0.1) is 0 Å². The standard InChI is InChI=1S/C31H52O3/c1-8-22(19(2)3)17-29(33)20(4)26-11-12-27-25-10-9-23-18-24(34-21(5)32)13-15-30(23,6)28(25)14-16-31(26,27)7/h9,19-20,22,24-29,33H,8,10-18H2,1-7H3/t20?,22?,24-,25-,26+,27-,28-,29?,30-,31+/m0/s1. The molecule has 3 heteroatoms. The first-order valence-electron chi connectivity index (χ1n) is 14.6. The van der Waals surface area contributed by atoms with Gasteiger partial charge in [-0.05, 0) is 104 Å². The van der Waals surface area contributed by atoms with Crippen molar-refractivity contribution in [3.8, 4) is 0 Å². The summed E-state index contributed by atoms with van der Waals surface area (Å²) in [7, 11) is 0. The van der Waals surface area contributed by atoms with E-state index in [0.717, 1.165) is 43.4 Å². The minimum Gasteiger partial charge on any atom is -0.462 e. The zero-order valence-electron chi connectivity index (χ0n) is 23.1. The fraction of sp³-hybridized carbons (Fsp3) is 0.903. The van der Waals surface area contributed by atoms with Gasteiger partial charge in [0.25, 0.3) is 0 Å². The van der Waals surface area contributed by atoms with E-state index in [1.807, 2.05) is 0 Å². The Morgan fingerprint density at radius 1 is 1.12 bits per heavy atom. The summed E-state index contributed by atoms with van der Waals surface area (Å²) < 4.78 is 5.62. The third kappa shape index (κ3) is 4.53. The summed E-state index contributed by atoms with van der Waals surface area (Å²) in [5.74, 6) is 4.53. The summed E-state index contributed by atoms with van der Waals surface area (Å²) in [5, 5.41) is 11.3. The number of allylic oxidation sites excluding steroid dienone is 1. The quantitative estimate of drug-likeness (QED) is 0.307. The molecule has 10 atom stereocenters. The van der Waals surface area contributed by atoms with Crippen molar-refractivity contribution in [2.75, 3.05) is 0 Å². The minimum atomic E-state index is -0.169. The molecular weight excluding hydrogens is 420 g/mol. The van der Waals surface area contributed by atoms with Gasteiger partial charge in [0.05, 0.1) is 6.10 Å². The Labute approximate surface area is 209 Å². The Hall–Kier alpha value is -0.830. The van der Waals surface area contributed by atoms with Crippen molar-refractivity contribution in [3.63, 3.8) is 0 Å². The van der Waals surface area contributed by atoms with Crippen molar-refractivity contribution in [1.29, 1.82) is 0 Å². The fourth-order valence-corrected chi connectivity index (χ4v) is 9.57. The van der Waals surface area contributed by atoms with Gasteiger partial charge in [0.15, 0.2) is 0 Å². The number of hydrogen-bond acceptors (Lipinski definition) is 3. The van der Waals surface area contributed by atoms with Gasteiger partial charge in [0.1, 0.15) is 6.10 Å².